The van der Waals surface area contributed by atoms with E-state index in [1.54, 1.807) is 0 Å². The number of rotatable bonds is 13. The van der Waals surface area contributed by atoms with Crippen molar-refractivity contribution in [2.45, 2.75) is 112 Å². The highest BCUT2D eigenvalue weighted by molar-refractivity contribution is 14.1. The average Bonchev–Trinajstić information content (AvgIpc) is 3.08. The van der Waals surface area contributed by atoms with Gasteiger partial charge in [-0.1, -0.05) is 56.5 Å². The van der Waals surface area contributed by atoms with Crippen LogP contribution in [0.5, 0.6) is 0 Å². The fourth-order valence-corrected chi connectivity index (χ4v) is 7.56. The molecule has 1 aromatic rings. The fraction of sp³-hybridized carbons (Fsp3) is 0.750. The summed E-state index contributed by atoms with van der Waals surface area (Å²) in [6.45, 7) is 13.3. The molecule has 2 heterocycles. The molecule has 0 radical (unpaired) electrons. The average molecular weight is 641 g/mol. The minimum atomic E-state index is -1.25. The van der Waals surface area contributed by atoms with Gasteiger partial charge in [0.05, 0.1) is 28.6 Å². The van der Waals surface area contributed by atoms with Gasteiger partial charge in [-0.25, -0.2) is 0 Å². The number of hydrogen-bond acceptors (Lipinski definition) is 6. The molecule has 0 aliphatic carbocycles. The molecule has 6 nitrogen and oxygen atoms in total. The summed E-state index contributed by atoms with van der Waals surface area (Å²) in [4.78, 5) is 2.47. The Morgan fingerprint density at radius 3 is 2.38 bits per heavy atom. The van der Waals surface area contributed by atoms with Crippen LogP contribution in [0, 0.1) is 17.2 Å². The van der Waals surface area contributed by atoms with Gasteiger partial charge in [-0.15, -0.1) is 4.72 Å². The molecule has 0 bridgehead atoms. The zero-order valence-electron chi connectivity index (χ0n) is 23.3. The van der Waals surface area contributed by atoms with Gasteiger partial charge in [-0.05, 0) is 100 Å². The molecule has 1 N–H and O–H groups in total. The van der Waals surface area contributed by atoms with Gasteiger partial charge in [-0.2, -0.15) is 5.26 Å². The lowest BCUT2D eigenvalue weighted by Crippen LogP contribution is -2.56. The Hall–Kier alpha value is -0.345. The quantitative estimate of drug-likeness (QED) is 0.0904. The number of halogens is 1. The van der Waals surface area contributed by atoms with Gasteiger partial charge < -0.3 is 13.9 Å². The van der Waals surface area contributed by atoms with Crippen molar-refractivity contribution in [3.05, 3.63) is 35.9 Å². The Labute approximate surface area is 242 Å². The molecular weight excluding hydrogens is 596 g/mol. The summed E-state index contributed by atoms with van der Waals surface area (Å²) >= 11 is 1.02. The molecule has 37 heavy (non-hydrogen) atoms. The number of nitrogens with zero attached hydrogens (tertiary/aromatic N) is 2. The third-order valence-electron chi connectivity index (χ3n) is 8.33. The van der Waals surface area contributed by atoms with E-state index in [4.69, 9.17) is 9.31 Å². The van der Waals surface area contributed by atoms with E-state index >= 15 is 0 Å². The fourth-order valence-electron chi connectivity index (χ4n) is 5.31. The molecule has 2 aliphatic heterocycles. The Balaban J connectivity index is 1.61. The van der Waals surface area contributed by atoms with Gasteiger partial charge >= 0.3 is 7.12 Å². The van der Waals surface area contributed by atoms with Crippen molar-refractivity contribution < 1.29 is 13.9 Å². The Morgan fingerprint density at radius 1 is 1.19 bits per heavy atom. The van der Waals surface area contributed by atoms with Crippen LogP contribution in [0.4, 0.5) is 0 Å². The molecule has 3 rings (SSSR count). The summed E-state index contributed by atoms with van der Waals surface area (Å²) < 4.78 is 28.9. The van der Waals surface area contributed by atoms with Crippen LogP contribution in [-0.4, -0.2) is 49.7 Å². The Bertz CT molecular complexity index is 863. The second-order valence-electron chi connectivity index (χ2n) is 11.6. The number of alkyl halides is 1. The largest absolute Gasteiger partial charge is 0.597 e. The Kier molecular flexibility index (Phi) is 11.7. The number of benzene rings is 1. The van der Waals surface area contributed by atoms with Gasteiger partial charge in [-0.3, -0.25) is 4.90 Å². The van der Waals surface area contributed by atoms with Gasteiger partial charge in [0.1, 0.15) is 0 Å². The summed E-state index contributed by atoms with van der Waals surface area (Å²) in [5.74, 6) is 0.176. The lowest BCUT2D eigenvalue weighted by atomic mass is 9.75. The molecule has 9 heteroatoms. The molecule has 0 spiro atoms. The molecule has 3 atom stereocenters. The van der Waals surface area contributed by atoms with Gasteiger partial charge in [0.2, 0.25) is 0 Å². The first-order valence-corrected chi connectivity index (χ1v) is 16.3. The number of nitrogens with one attached hydrogen (secondary N) is 1. The predicted molar refractivity (Wildman–Crippen MR) is 162 cm³/mol. The van der Waals surface area contributed by atoms with E-state index < -0.39 is 16.9 Å². The molecule has 1 aromatic carbocycles. The summed E-state index contributed by atoms with van der Waals surface area (Å²) in [6.07, 6.45) is 6.98. The summed E-state index contributed by atoms with van der Waals surface area (Å²) in [7, 11) is -0.215. The van der Waals surface area contributed by atoms with E-state index in [1.807, 2.05) is 0 Å². The van der Waals surface area contributed by atoms with Crippen LogP contribution in [0.3, 0.4) is 0 Å². The topological polar surface area (TPSA) is 80.6 Å². The minimum Gasteiger partial charge on any atom is -0.597 e. The van der Waals surface area contributed by atoms with Crippen LogP contribution in [0.2, 0.25) is 6.32 Å². The van der Waals surface area contributed by atoms with Gasteiger partial charge in [0.25, 0.3) is 0 Å². The highest BCUT2D eigenvalue weighted by Crippen LogP contribution is 2.39. The monoisotopic (exact) mass is 641 g/mol. The van der Waals surface area contributed by atoms with Crippen molar-refractivity contribution in [2.24, 2.45) is 5.92 Å². The van der Waals surface area contributed by atoms with Crippen molar-refractivity contribution in [3.63, 3.8) is 0 Å². The van der Waals surface area contributed by atoms with Crippen LogP contribution in [-0.2, 0) is 27.2 Å². The van der Waals surface area contributed by atoms with E-state index in [9.17, 15) is 9.81 Å². The normalized spacial score (nSPS) is 23.4. The Morgan fingerprint density at radius 2 is 1.81 bits per heavy atom. The van der Waals surface area contributed by atoms with Crippen molar-refractivity contribution in [3.8, 4) is 6.07 Å². The summed E-state index contributed by atoms with van der Waals surface area (Å²) in [6, 6.07) is 13.2. The second kappa shape index (κ2) is 13.8. The second-order valence-corrected chi connectivity index (χ2v) is 15.4. The highest BCUT2D eigenvalue weighted by atomic mass is 127. The maximum absolute atomic E-state index is 13.2. The third-order valence-corrected chi connectivity index (χ3v) is 11.6. The van der Waals surface area contributed by atoms with Crippen LogP contribution < -0.4 is 4.72 Å². The molecular formula is C28H45BIN3O3S. The van der Waals surface area contributed by atoms with Gasteiger partial charge in [0.15, 0.2) is 8.80 Å². The molecule has 0 amide bonds. The van der Waals surface area contributed by atoms with Crippen molar-refractivity contribution in [1.29, 1.82) is 5.26 Å². The SMILES string of the molecule is CCCC(I)[S+]([O-])NC(C#N)(CCCCB1OC(C)(C)C(C)(C)O1)C1CCN(Cc2ccccc2)CC1. The number of hydrogen-bond donors (Lipinski definition) is 1. The smallest absolute Gasteiger partial charge is 0.457 e. The third kappa shape index (κ3) is 8.32. The minimum absolute atomic E-state index is 0.00162. The predicted octanol–water partition coefficient (Wildman–Crippen LogP) is 6.24. The number of unbranched alkanes of at least 4 members (excludes halogenated alkanes) is 1. The van der Waals surface area contributed by atoms with Crippen molar-refractivity contribution in [2.75, 3.05) is 13.1 Å². The van der Waals surface area contributed by atoms with E-state index in [0.717, 1.165) is 64.5 Å². The van der Waals surface area contributed by atoms with Crippen LogP contribution >= 0.6 is 22.6 Å². The number of likely N-dealkylation sites (tertiary alicyclic amines) is 1. The number of nitriles is 1. The van der Waals surface area contributed by atoms with Crippen LogP contribution in [0.25, 0.3) is 0 Å². The summed E-state index contributed by atoms with van der Waals surface area (Å²) in [5.41, 5.74) is -0.109. The molecule has 0 saturated carbocycles. The maximum atomic E-state index is 13.2. The molecule has 206 valence electrons. The first kappa shape index (κ1) is 31.2. The molecule has 0 aromatic heterocycles. The molecule has 2 saturated heterocycles. The summed E-state index contributed by atoms with van der Waals surface area (Å²) in [5, 5.41) is 10.5. The molecule has 3 unspecified atom stereocenters. The number of piperidine rings is 1. The van der Waals surface area contributed by atoms with Gasteiger partial charge in [0, 0.05) is 13.0 Å². The zero-order valence-corrected chi connectivity index (χ0v) is 26.3. The van der Waals surface area contributed by atoms with E-state index in [-0.39, 0.29) is 27.5 Å². The van der Waals surface area contributed by atoms with Crippen molar-refractivity contribution >= 4 is 41.1 Å². The van der Waals surface area contributed by atoms with Crippen LogP contribution in [0.1, 0.15) is 85.1 Å². The van der Waals surface area contributed by atoms with Crippen molar-refractivity contribution in [1.82, 2.24) is 9.62 Å². The lowest BCUT2D eigenvalue weighted by molar-refractivity contribution is 0.00578. The first-order chi connectivity index (χ1) is 17.5. The lowest BCUT2D eigenvalue weighted by Gasteiger charge is -2.41. The van der Waals surface area contributed by atoms with Crippen LogP contribution in [0.15, 0.2) is 30.3 Å². The highest BCUT2D eigenvalue weighted by Gasteiger charge is 2.51. The molecule has 2 fully saturated rings. The van der Waals surface area contributed by atoms with E-state index in [1.165, 1.54) is 5.56 Å². The maximum Gasteiger partial charge on any atom is 0.457 e. The zero-order chi connectivity index (χ0) is 27.1. The molecule has 2 aliphatic rings. The first-order valence-electron chi connectivity index (χ1n) is 13.9. The van der Waals surface area contributed by atoms with E-state index in [2.05, 4.69) is 103 Å². The van der Waals surface area contributed by atoms with E-state index in [0.29, 0.717) is 6.42 Å². The standard InChI is InChI=1S/C28H45BIN3O3S/c1-6-12-25(30)37(34)32-28(22-31,17-10-11-18-29-35-26(2,3)27(4,5)36-29)24-15-19-33(20-16-24)21-23-13-8-7-9-14-23/h7-9,13-14,24-25,32H,6,10-12,15-21H2,1-5H3.